The van der Waals surface area contributed by atoms with Crippen molar-refractivity contribution in [2.45, 2.75) is 25.4 Å². The Bertz CT molecular complexity index is 460. The van der Waals surface area contributed by atoms with Gasteiger partial charge in [-0.25, -0.2) is 4.79 Å². The van der Waals surface area contributed by atoms with E-state index < -0.39 is 17.0 Å². The van der Waals surface area contributed by atoms with E-state index in [9.17, 15) is 19.5 Å². The predicted octanol–water partition coefficient (Wildman–Crippen LogP) is 0.839. The molecule has 0 saturated heterocycles. The van der Waals surface area contributed by atoms with Gasteiger partial charge in [0.2, 0.25) is 0 Å². The quantitative estimate of drug-likeness (QED) is 0.562. The molecule has 1 aromatic carbocycles. The van der Waals surface area contributed by atoms with Crippen LogP contribution in [0, 0.1) is 5.41 Å². The minimum absolute atomic E-state index is 0.155. The van der Waals surface area contributed by atoms with Gasteiger partial charge in [-0.05, 0) is 18.4 Å². The molecule has 0 aliphatic rings. The number of benzene rings is 1. The van der Waals surface area contributed by atoms with Crippen molar-refractivity contribution in [3.05, 3.63) is 35.9 Å². The van der Waals surface area contributed by atoms with Crippen molar-refractivity contribution in [2.24, 2.45) is 5.41 Å². The molecule has 5 nitrogen and oxygen atoms in total. The number of aldehydes is 2. The van der Waals surface area contributed by atoms with Gasteiger partial charge in [0.05, 0.1) is 0 Å². The Morgan fingerprint density at radius 3 is 2.11 bits per heavy atom. The third kappa shape index (κ3) is 2.56. The van der Waals surface area contributed by atoms with Crippen LogP contribution in [0.15, 0.2) is 30.3 Å². The Balaban J connectivity index is 3.28. The molecule has 0 aromatic heterocycles. The molecule has 0 fully saturated rings. The third-order valence-corrected chi connectivity index (χ3v) is 3.40. The molecule has 1 aromatic rings. The second-order valence-corrected chi connectivity index (χ2v) is 4.46. The zero-order valence-electron chi connectivity index (χ0n) is 10.6. The van der Waals surface area contributed by atoms with E-state index in [2.05, 4.69) is 0 Å². The Morgan fingerprint density at radius 1 is 1.21 bits per heavy atom. The van der Waals surface area contributed by atoms with Gasteiger partial charge in [-0.3, -0.25) is 0 Å². The number of carbonyl (C=O) groups is 3. The number of hydrogen-bond acceptors (Lipinski definition) is 4. The molecule has 19 heavy (non-hydrogen) atoms. The van der Waals surface area contributed by atoms with Gasteiger partial charge in [0.15, 0.2) is 5.60 Å². The molecule has 0 bridgehead atoms. The number of aliphatic hydroxyl groups is 1. The highest BCUT2D eigenvalue weighted by molar-refractivity contribution is 5.95. The first-order valence-electron chi connectivity index (χ1n) is 5.88. The van der Waals surface area contributed by atoms with Crippen molar-refractivity contribution in [2.75, 3.05) is 0 Å². The third-order valence-electron chi connectivity index (χ3n) is 3.40. The average molecular weight is 264 g/mol. The van der Waals surface area contributed by atoms with Crippen LogP contribution >= 0.6 is 0 Å². The molecule has 1 atom stereocenters. The van der Waals surface area contributed by atoms with Crippen LogP contribution in [-0.2, 0) is 20.8 Å². The van der Waals surface area contributed by atoms with Gasteiger partial charge in [-0.2, -0.15) is 0 Å². The fraction of sp³-hybridized carbons (Fsp3) is 0.357. The maximum atomic E-state index is 11.3. The summed E-state index contributed by atoms with van der Waals surface area (Å²) in [6.45, 7) is 1.42. The molecular formula is C14H16O5. The molecule has 5 heteroatoms. The standard InChI is InChI=1S/C14H16O5/c1-2-14(19,12(17)18)13(9-15,10-16)8-11-6-4-3-5-7-11/h3-7,9-10,19H,2,8H2,1H3,(H,17,18). The first kappa shape index (κ1) is 15.0. The van der Waals surface area contributed by atoms with Gasteiger partial charge in [0.25, 0.3) is 0 Å². The van der Waals surface area contributed by atoms with Crippen LogP contribution < -0.4 is 0 Å². The van der Waals surface area contributed by atoms with Crippen LogP contribution in [0.1, 0.15) is 18.9 Å². The van der Waals surface area contributed by atoms with E-state index in [1.165, 1.54) is 6.92 Å². The number of hydrogen-bond donors (Lipinski definition) is 2. The highest BCUT2D eigenvalue weighted by Gasteiger charge is 2.55. The van der Waals surface area contributed by atoms with Crippen molar-refractivity contribution in [1.82, 2.24) is 0 Å². The summed E-state index contributed by atoms with van der Waals surface area (Å²) in [5.41, 5.74) is -3.80. The van der Waals surface area contributed by atoms with E-state index in [1.54, 1.807) is 30.3 Å². The number of carbonyl (C=O) groups excluding carboxylic acids is 2. The molecule has 0 aliphatic heterocycles. The Hall–Kier alpha value is -2.01. The molecule has 0 aliphatic carbocycles. The summed E-state index contributed by atoms with van der Waals surface area (Å²) in [5, 5.41) is 19.3. The van der Waals surface area contributed by atoms with Gasteiger partial charge in [0.1, 0.15) is 18.0 Å². The summed E-state index contributed by atoms with van der Waals surface area (Å²) >= 11 is 0. The van der Waals surface area contributed by atoms with Crippen molar-refractivity contribution in [3.8, 4) is 0 Å². The van der Waals surface area contributed by atoms with E-state index in [4.69, 9.17) is 5.11 Å². The molecule has 0 heterocycles. The predicted molar refractivity (Wildman–Crippen MR) is 67.6 cm³/mol. The van der Waals surface area contributed by atoms with Crippen molar-refractivity contribution in [1.29, 1.82) is 0 Å². The normalized spacial score (nSPS) is 14.4. The molecule has 0 saturated carbocycles. The zero-order chi connectivity index (χ0) is 14.5. The van der Waals surface area contributed by atoms with Crippen LogP contribution in [0.25, 0.3) is 0 Å². The molecule has 0 spiro atoms. The van der Waals surface area contributed by atoms with Gasteiger partial charge in [-0.15, -0.1) is 0 Å². The lowest BCUT2D eigenvalue weighted by atomic mass is 9.68. The highest BCUT2D eigenvalue weighted by Crippen LogP contribution is 2.34. The Morgan fingerprint density at radius 2 is 1.74 bits per heavy atom. The zero-order valence-corrected chi connectivity index (χ0v) is 10.6. The van der Waals surface area contributed by atoms with E-state index in [0.717, 1.165) is 0 Å². The van der Waals surface area contributed by atoms with Gasteiger partial charge >= 0.3 is 5.97 Å². The number of aliphatic carboxylic acids is 1. The molecular weight excluding hydrogens is 248 g/mol. The number of carboxylic acid groups (broad SMARTS) is 1. The minimum atomic E-state index is -2.41. The second kappa shape index (κ2) is 5.75. The van der Waals surface area contributed by atoms with Gasteiger partial charge < -0.3 is 19.8 Å². The lowest BCUT2D eigenvalue weighted by molar-refractivity contribution is -0.178. The van der Waals surface area contributed by atoms with Crippen LogP contribution in [0.5, 0.6) is 0 Å². The Labute approximate surface area is 110 Å². The summed E-state index contributed by atoms with van der Waals surface area (Å²) in [6.07, 6.45) is 0.0549. The lowest BCUT2D eigenvalue weighted by Crippen LogP contribution is -2.57. The Kier molecular flexibility index (Phi) is 4.56. The monoisotopic (exact) mass is 264 g/mol. The van der Waals surface area contributed by atoms with Crippen LogP contribution in [0.2, 0.25) is 0 Å². The van der Waals surface area contributed by atoms with Crippen LogP contribution in [0.3, 0.4) is 0 Å². The van der Waals surface area contributed by atoms with E-state index in [-0.39, 0.29) is 25.4 Å². The summed E-state index contributed by atoms with van der Waals surface area (Å²) in [4.78, 5) is 33.9. The number of rotatable bonds is 7. The van der Waals surface area contributed by atoms with E-state index in [0.29, 0.717) is 5.56 Å². The highest BCUT2D eigenvalue weighted by atomic mass is 16.4. The van der Waals surface area contributed by atoms with Gasteiger partial charge in [-0.1, -0.05) is 37.3 Å². The fourth-order valence-corrected chi connectivity index (χ4v) is 2.07. The summed E-state index contributed by atoms with van der Waals surface area (Å²) in [6, 6.07) is 8.51. The molecule has 0 radical (unpaired) electrons. The average Bonchev–Trinajstić information content (AvgIpc) is 2.44. The first-order valence-corrected chi connectivity index (χ1v) is 5.88. The topological polar surface area (TPSA) is 91.7 Å². The van der Waals surface area contributed by atoms with E-state index in [1.807, 2.05) is 0 Å². The molecule has 1 unspecified atom stereocenters. The summed E-state index contributed by atoms with van der Waals surface area (Å²) < 4.78 is 0. The maximum Gasteiger partial charge on any atom is 0.337 e. The maximum absolute atomic E-state index is 11.3. The first-order chi connectivity index (χ1) is 8.95. The van der Waals surface area contributed by atoms with Crippen molar-refractivity contribution in [3.63, 3.8) is 0 Å². The minimum Gasteiger partial charge on any atom is -0.479 e. The molecule has 2 N–H and O–H groups in total. The second-order valence-electron chi connectivity index (χ2n) is 4.46. The summed E-state index contributed by atoms with van der Waals surface area (Å²) in [7, 11) is 0. The largest absolute Gasteiger partial charge is 0.479 e. The van der Waals surface area contributed by atoms with Gasteiger partial charge in [0, 0.05) is 0 Å². The lowest BCUT2D eigenvalue weighted by Gasteiger charge is -2.35. The number of carboxylic acids is 1. The molecule has 1 rings (SSSR count). The van der Waals surface area contributed by atoms with E-state index >= 15 is 0 Å². The summed E-state index contributed by atoms with van der Waals surface area (Å²) in [5.74, 6) is -1.58. The molecule has 102 valence electrons. The van der Waals surface area contributed by atoms with Crippen LogP contribution in [-0.4, -0.2) is 34.4 Å². The smallest absolute Gasteiger partial charge is 0.337 e. The van der Waals surface area contributed by atoms with Crippen molar-refractivity contribution < 1.29 is 24.6 Å². The SMILES string of the molecule is CCC(O)(C(=O)O)C(C=O)(C=O)Cc1ccccc1. The van der Waals surface area contributed by atoms with Crippen LogP contribution in [0.4, 0.5) is 0 Å². The molecule has 0 amide bonds. The van der Waals surface area contributed by atoms with Crippen molar-refractivity contribution >= 4 is 18.5 Å². The fourth-order valence-electron chi connectivity index (χ4n) is 2.07.